The minimum absolute atomic E-state index is 0.778. The van der Waals surface area contributed by atoms with Crippen LogP contribution >= 0.6 is 0 Å². The molecule has 0 saturated heterocycles. The third-order valence-electron chi connectivity index (χ3n) is 1.48. The lowest BCUT2D eigenvalue weighted by atomic mass is 10.2. The van der Waals surface area contributed by atoms with Gasteiger partial charge >= 0.3 is 0 Å². The second-order valence-corrected chi connectivity index (χ2v) is 2.70. The zero-order chi connectivity index (χ0) is 10.6. The molecule has 0 spiro atoms. The van der Waals surface area contributed by atoms with Crippen LogP contribution < -0.4 is 5.73 Å². The Labute approximate surface area is 86.2 Å². The normalized spacial score (nSPS) is 9.21. The fraction of sp³-hybridized carbons (Fsp3) is 0.250. The quantitative estimate of drug-likeness (QED) is 0.443. The molecule has 0 unspecified atom stereocenters. The second kappa shape index (κ2) is 9.52. The van der Waals surface area contributed by atoms with Crippen LogP contribution in [0.1, 0.15) is 12.5 Å². The molecule has 0 fully saturated rings. The summed E-state index contributed by atoms with van der Waals surface area (Å²) >= 11 is 0. The molecule has 0 bridgehead atoms. The Morgan fingerprint density at radius 3 is 2.43 bits per heavy atom. The van der Waals surface area contributed by atoms with Gasteiger partial charge in [0.2, 0.25) is 0 Å². The van der Waals surface area contributed by atoms with Gasteiger partial charge in [0.05, 0.1) is 6.34 Å². The lowest BCUT2D eigenvalue weighted by molar-refractivity contribution is 0.971. The van der Waals surface area contributed by atoms with E-state index in [1.165, 1.54) is 11.9 Å². The molecule has 0 amide bonds. The van der Waals surface area contributed by atoms with Gasteiger partial charge in [-0.25, -0.2) is 0 Å². The molecule has 0 aromatic heterocycles. The van der Waals surface area contributed by atoms with Crippen LogP contribution in [0.4, 0.5) is 0 Å². The Morgan fingerprint density at radius 1 is 1.36 bits per heavy atom. The van der Waals surface area contributed by atoms with Gasteiger partial charge in [-0.3, -0.25) is 4.99 Å². The standard InChI is InChI=1S/C9H12N2.C3H6/c10-8-11-7-6-9-4-2-1-3-5-9;1-3-2/h1-5,8H,6-7H2,(H2,10,11);3H,1H2,2H3. The number of rotatable bonds is 3. The zero-order valence-corrected chi connectivity index (χ0v) is 8.69. The molecule has 0 atom stereocenters. The SMILES string of the molecule is C=CC.NC=NCCc1ccccc1. The van der Waals surface area contributed by atoms with Crippen molar-refractivity contribution in [2.45, 2.75) is 13.3 Å². The highest BCUT2D eigenvalue weighted by Crippen LogP contribution is 1.98. The summed E-state index contributed by atoms with van der Waals surface area (Å²) in [5, 5.41) is 0. The van der Waals surface area contributed by atoms with Crippen LogP contribution in [-0.4, -0.2) is 12.9 Å². The molecule has 14 heavy (non-hydrogen) atoms. The smallest absolute Gasteiger partial charge is 0.0797 e. The third kappa shape index (κ3) is 7.10. The Bertz CT molecular complexity index is 252. The summed E-state index contributed by atoms with van der Waals surface area (Å²) in [4.78, 5) is 3.92. The van der Waals surface area contributed by atoms with Crippen LogP contribution in [0.3, 0.4) is 0 Å². The molecule has 2 N–H and O–H groups in total. The molecule has 76 valence electrons. The van der Waals surface area contributed by atoms with Crippen LogP contribution in [0, 0.1) is 0 Å². The van der Waals surface area contributed by atoms with E-state index in [0.29, 0.717) is 0 Å². The summed E-state index contributed by atoms with van der Waals surface area (Å²) in [6.45, 7) is 6.03. The molecular formula is C12H18N2. The topological polar surface area (TPSA) is 38.4 Å². The predicted molar refractivity (Wildman–Crippen MR) is 63.6 cm³/mol. The van der Waals surface area contributed by atoms with Gasteiger partial charge in [-0.2, -0.15) is 0 Å². The van der Waals surface area contributed by atoms with Gasteiger partial charge in [-0.15, -0.1) is 6.58 Å². The largest absolute Gasteiger partial charge is 0.390 e. The number of allylic oxidation sites excluding steroid dienone is 1. The van der Waals surface area contributed by atoms with Crippen LogP contribution in [0.25, 0.3) is 0 Å². The van der Waals surface area contributed by atoms with Crippen molar-refractivity contribution in [3.05, 3.63) is 48.6 Å². The third-order valence-corrected chi connectivity index (χ3v) is 1.48. The van der Waals surface area contributed by atoms with E-state index in [2.05, 4.69) is 23.7 Å². The van der Waals surface area contributed by atoms with Gasteiger partial charge in [0, 0.05) is 6.54 Å². The Kier molecular flexibility index (Phi) is 8.45. The number of nitrogens with zero attached hydrogens (tertiary/aromatic N) is 1. The molecule has 0 heterocycles. The number of aliphatic imine (C=N–C) groups is 1. The molecule has 1 rings (SSSR count). The number of hydrogen-bond donors (Lipinski definition) is 1. The van der Waals surface area contributed by atoms with Crippen molar-refractivity contribution >= 4 is 6.34 Å². The second-order valence-electron chi connectivity index (χ2n) is 2.70. The first-order chi connectivity index (χ1) is 6.85. The fourth-order valence-electron chi connectivity index (χ4n) is 0.913. The highest BCUT2D eigenvalue weighted by atomic mass is 14.8. The van der Waals surface area contributed by atoms with Crippen molar-refractivity contribution in [3.8, 4) is 0 Å². The van der Waals surface area contributed by atoms with E-state index >= 15 is 0 Å². The Hall–Kier alpha value is -1.57. The van der Waals surface area contributed by atoms with Crippen LogP contribution in [0.5, 0.6) is 0 Å². The zero-order valence-electron chi connectivity index (χ0n) is 8.69. The predicted octanol–water partition coefficient (Wildman–Crippen LogP) is 2.41. The summed E-state index contributed by atoms with van der Waals surface area (Å²) in [6.07, 6.45) is 4.07. The molecular weight excluding hydrogens is 172 g/mol. The minimum Gasteiger partial charge on any atom is -0.390 e. The fourth-order valence-corrected chi connectivity index (χ4v) is 0.913. The van der Waals surface area contributed by atoms with Crippen LogP contribution in [0.2, 0.25) is 0 Å². The van der Waals surface area contributed by atoms with Crippen molar-refractivity contribution in [1.82, 2.24) is 0 Å². The van der Waals surface area contributed by atoms with Crippen LogP contribution in [-0.2, 0) is 6.42 Å². The van der Waals surface area contributed by atoms with E-state index in [4.69, 9.17) is 5.73 Å². The summed E-state index contributed by atoms with van der Waals surface area (Å²) < 4.78 is 0. The van der Waals surface area contributed by atoms with Crippen molar-refractivity contribution in [2.24, 2.45) is 10.7 Å². The van der Waals surface area contributed by atoms with E-state index in [-0.39, 0.29) is 0 Å². The molecule has 0 aliphatic heterocycles. The number of benzene rings is 1. The lowest BCUT2D eigenvalue weighted by Gasteiger charge is -1.95. The van der Waals surface area contributed by atoms with Crippen molar-refractivity contribution < 1.29 is 0 Å². The van der Waals surface area contributed by atoms with E-state index in [9.17, 15) is 0 Å². The monoisotopic (exact) mass is 190 g/mol. The van der Waals surface area contributed by atoms with Gasteiger partial charge in [0.25, 0.3) is 0 Å². The molecule has 0 saturated carbocycles. The average Bonchev–Trinajstić information content (AvgIpc) is 2.21. The summed E-state index contributed by atoms with van der Waals surface area (Å²) in [6, 6.07) is 10.2. The first kappa shape index (κ1) is 12.4. The van der Waals surface area contributed by atoms with Gasteiger partial charge in [0.15, 0.2) is 0 Å². The summed E-state index contributed by atoms with van der Waals surface area (Å²) in [5.74, 6) is 0. The lowest BCUT2D eigenvalue weighted by Crippen LogP contribution is -1.93. The van der Waals surface area contributed by atoms with Crippen LogP contribution in [0.15, 0.2) is 48.0 Å². The Balaban J connectivity index is 0.000000500. The molecule has 1 aromatic rings. The maximum absolute atomic E-state index is 5.10. The first-order valence-corrected chi connectivity index (χ1v) is 4.66. The van der Waals surface area contributed by atoms with Crippen molar-refractivity contribution in [3.63, 3.8) is 0 Å². The van der Waals surface area contributed by atoms with E-state index in [1.807, 2.05) is 25.1 Å². The van der Waals surface area contributed by atoms with Gasteiger partial charge < -0.3 is 5.73 Å². The van der Waals surface area contributed by atoms with E-state index in [1.54, 1.807) is 6.08 Å². The number of nitrogens with two attached hydrogens (primary N) is 1. The minimum atomic E-state index is 0.778. The van der Waals surface area contributed by atoms with Crippen molar-refractivity contribution in [1.29, 1.82) is 0 Å². The molecule has 2 heteroatoms. The molecule has 1 aromatic carbocycles. The maximum Gasteiger partial charge on any atom is 0.0797 e. The Morgan fingerprint density at radius 2 is 1.93 bits per heavy atom. The summed E-state index contributed by atoms with van der Waals surface area (Å²) in [7, 11) is 0. The molecule has 0 aliphatic carbocycles. The summed E-state index contributed by atoms with van der Waals surface area (Å²) in [5.41, 5.74) is 6.40. The van der Waals surface area contributed by atoms with E-state index < -0.39 is 0 Å². The molecule has 2 nitrogen and oxygen atoms in total. The van der Waals surface area contributed by atoms with Crippen molar-refractivity contribution in [2.75, 3.05) is 6.54 Å². The molecule has 0 aliphatic rings. The van der Waals surface area contributed by atoms with E-state index in [0.717, 1.165) is 13.0 Å². The van der Waals surface area contributed by atoms with Gasteiger partial charge in [-0.1, -0.05) is 36.4 Å². The first-order valence-electron chi connectivity index (χ1n) is 4.66. The maximum atomic E-state index is 5.10. The van der Waals surface area contributed by atoms with Gasteiger partial charge in [0.1, 0.15) is 0 Å². The highest BCUT2D eigenvalue weighted by molar-refractivity contribution is 5.51. The highest BCUT2D eigenvalue weighted by Gasteiger charge is 1.87. The molecule has 0 radical (unpaired) electrons. The average molecular weight is 190 g/mol. The number of hydrogen-bond acceptors (Lipinski definition) is 1. The van der Waals surface area contributed by atoms with Gasteiger partial charge in [-0.05, 0) is 18.9 Å².